The summed E-state index contributed by atoms with van der Waals surface area (Å²) in [7, 11) is 1.80. The third kappa shape index (κ3) is 4.94. The standard InChI is InChI=1S/C25H24N6O3/c1-31-16-23(24(30-31)21-5-2-3-10-27-21)29-25(32)22-7-4-6-20(28-22)17-13-19(15-26-14-17)34-18-8-11-33-12-9-18/h2-7,10,13-16,18H,8-9,11-12H2,1H3,(H,29,32). The second-order valence-corrected chi connectivity index (χ2v) is 7.98. The van der Waals surface area contributed by atoms with E-state index >= 15 is 0 Å². The van der Waals surface area contributed by atoms with Gasteiger partial charge in [0.25, 0.3) is 5.91 Å². The first-order valence-corrected chi connectivity index (χ1v) is 11.1. The third-order valence-electron chi connectivity index (χ3n) is 5.45. The number of anilines is 1. The molecule has 0 radical (unpaired) electrons. The van der Waals surface area contributed by atoms with Gasteiger partial charge in [0.15, 0.2) is 0 Å². The van der Waals surface area contributed by atoms with E-state index in [-0.39, 0.29) is 17.7 Å². The SMILES string of the molecule is Cn1cc(NC(=O)c2cccc(-c3cncc(OC4CCOCC4)c3)n2)c(-c2ccccn2)n1. The summed E-state index contributed by atoms with van der Waals surface area (Å²) < 4.78 is 13.1. The van der Waals surface area contributed by atoms with Crippen molar-refractivity contribution in [1.29, 1.82) is 0 Å². The summed E-state index contributed by atoms with van der Waals surface area (Å²) in [6.45, 7) is 1.41. The molecule has 0 bridgehead atoms. The zero-order valence-electron chi connectivity index (χ0n) is 18.7. The maximum atomic E-state index is 13.0. The van der Waals surface area contributed by atoms with E-state index in [1.165, 1.54) is 0 Å². The third-order valence-corrected chi connectivity index (χ3v) is 5.45. The molecule has 4 aromatic heterocycles. The molecule has 9 heteroatoms. The van der Waals surface area contributed by atoms with Crippen molar-refractivity contribution in [2.24, 2.45) is 7.05 Å². The lowest BCUT2D eigenvalue weighted by atomic mass is 10.1. The fourth-order valence-corrected chi connectivity index (χ4v) is 3.79. The number of nitrogens with zero attached hydrogens (tertiary/aromatic N) is 5. The number of aryl methyl sites for hydroxylation is 1. The Kier molecular flexibility index (Phi) is 6.26. The average molecular weight is 457 g/mol. The Morgan fingerprint density at radius 1 is 1.12 bits per heavy atom. The molecule has 172 valence electrons. The van der Waals surface area contributed by atoms with Crippen LogP contribution >= 0.6 is 0 Å². The topological polar surface area (TPSA) is 104 Å². The van der Waals surface area contributed by atoms with Crippen LogP contribution in [0.25, 0.3) is 22.6 Å². The van der Waals surface area contributed by atoms with Gasteiger partial charge < -0.3 is 14.8 Å². The molecule has 9 nitrogen and oxygen atoms in total. The number of pyridine rings is 3. The molecule has 0 atom stereocenters. The predicted molar refractivity (Wildman–Crippen MR) is 126 cm³/mol. The Morgan fingerprint density at radius 3 is 2.79 bits per heavy atom. The maximum absolute atomic E-state index is 13.0. The van der Waals surface area contributed by atoms with Gasteiger partial charge in [0, 0.05) is 44.0 Å². The number of carbonyl (C=O) groups excluding carboxylic acids is 1. The van der Waals surface area contributed by atoms with Crippen LogP contribution in [-0.4, -0.2) is 50.0 Å². The van der Waals surface area contributed by atoms with Crippen molar-refractivity contribution < 1.29 is 14.3 Å². The number of carbonyl (C=O) groups is 1. The van der Waals surface area contributed by atoms with Crippen LogP contribution in [0, 0.1) is 0 Å². The molecule has 0 aromatic carbocycles. The highest BCUT2D eigenvalue weighted by Gasteiger charge is 2.18. The number of aromatic nitrogens is 5. The molecule has 1 fully saturated rings. The van der Waals surface area contributed by atoms with E-state index in [1.54, 1.807) is 48.6 Å². The van der Waals surface area contributed by atoms with E-state index < -0.39 is 0 Å². The molecule has 34 heavy (non-hydrogen) atoms. The first-order chi connectivity index (χ1) is 16.7. The number of amides is 1. The minimum absolute atomic E-state index is 0.114. The Bertz CT molecular complexity index is 1280. The average Bonchev–Trinajstić information content (AvgIpc) is 3.25. The molecule has 0 spiro atoms. The largest absolute Gasteiger partial charge is 0.489 e. The number of rotatable bonds is 6. The highest BCUT2D eigenvalue weighted by molar-refractivity contribution is 6.04. The number of hydrogen-bond donors (Lipinski definition) is 1. The minimum atomic E-state index is -0.338. The summed E-state index contributed by atoms with van der Waals surface area (Å²) in [5.41, 5.74) is 3.52. The summed E-state index contributed by atoms with van der Waals surface area (Å²) in [5.74, 6) is 0.339. The molecule has 5 heterocycles. The lowest BCUT2D eigenvalue weighted by molar-refractivity contribution is 0.0254. The maximum Gasteiger partial charge on any atom is 0.274 e. The molecular formula is C25H24N6O3. The minimum Gasteiger partial charge on any atom is -0.489 e. The smallest absolute Gasteiger partial charge is 0.274 e. The van der Waals surface area contributed by atoms with Crippen molar-refractivity contribution in [3.63, 3.8) is 0 Å². The van der Waals surface area contributed by atoms with E-state index in [0.29, 0.717) is 41.7 Å². The second kappa shape index (κ2) is 9.80. The van der Waals surface area contributed by atoms with E-state index in [9.17, 15) is 4.79 Å². The van der Waals surface area contributed by atoms with Crippen LogP contribution < -0.4 is 10.1 Å². The monoisotopic (exact) mass is 456 g/mol. The van der Waals surface area contributed by atoms with Gasteiger partial charge in [-0.25, -0.2) is 4.98 Å². The quantitative estimate of drug-likeness (QED) is 0.471. The Balaban J connectivity index is 1.35. The lowest BCUT2D eigenvalue weighted by Gasteiger charge is -2.23. The Morgan fingerprint density at radius 2 is 1.97 bits per heavy atom. The van der Waals surface area contributed by atoms with Gasteiger partial charge in [0.2, 0.25) is 0 Å². The molecule has 4 aromatic rings. The van der Waals surface area contributed by atoms with Crippen LogP contribution in [0.1, 0.15) is 23.3 Å². The summed E-state index contributed by atoms with van der Waals surface area (Å²) in [5, 5.41) is 7.35. The van der Waals surface area contributed by atoms with Gasteiger partial charge >= 0.3 is 0 Å². The van der Waals surface area contributed by atoms with Gasteiger partial charge in [0.05, 0.1) is 36.5 Å². The van der Waals surface area contributed by atoms with Crippen molar-refractivity contribution in [3.8, 4) is 28.4 Å². The van der Waals surface area contributed by atoms with Crippen molar-refractivity contribution in [1.82, 2.24) is 24.7 Å². The molecule has 0 aliphatic carbocycles. The first kappa shape index (κ1) is 21.7. The molecule has 1 N–H and O–H groups in total. The fraction of sp³-hybridized carbons (Fsp3) is 0.240. The zero-order chi connectivity index (χ0) is 23.3. The van der Waals surface area contributed by atoms with Gasteiger partial charge in [-0.3, -0.25) is 19.4 Å². The molecule has 1 aliphatic heterocycles. The highest BCUT2D eigenvalue weighted by Crippen LogP contribution is 2.26. The van der Waals surface area contributed by atoms with Gasteiger partial charge in [-0.1, -0.05) is 12.1 Å². The van der Waals surface area contributed by atoms with E-state index in [4.69, 9.17) is 9.47 Å². The molecule has 5 rings (SSSR count). The molecule has 1 aliphatic rings. The molecule has 0 unspecified atom stereocenters. The summed E-state index contributed by atoms with van der Waals surface area (Å²) in [6, 6.07) is 12.8. The van der Waals surface area contributed by atoms with Gasteiger partial charge in [-0.2, -0.15) is 5.10 Å². The van der Waals surface area contributed by atoms with E-state index in [2.05, 4.69) is 25.4 Å². The Hall–Kier alpha value is -4.11. The summed E-state index contributed by atoms with van der Waals surface area (Å²) in [6.07, 6.45) is 8.66. The second-order valence-electron chi connectivity index (χ2n) is 7.98. The number of hydrogen-bond acceptors (Lipinski definition) is 7. The van der Waals surface area contributed by atoms with Gasteiger partial charge in [0.1, 0.15) is 23.2 Å². The molecular weight excluding hydrogens is 432 g/mol. The molecule has 1 saturated heterocycles. The zero-order valence-corrected chi connectivity index (χ0v) is 18.7. The van der Waals surface area contributed by atoms with Crippen LogP contribution in [-0.2, 0) is 11.8 Å². The number of nitrogens with one attached hydrogen (secondary N) is 1. The van der Waals surface area contributed by atoms with E-state index in [0.717, 1.165) is 18.4 Å². The van der Waals surface area contributed by atoms with Crippen LogP contribution in [0.3, 0.4) is 0 Å². The van der Waals surface area contributed by atoms with Crippen LogP contribution in [0.15, 0.2) is 67.3 Å². The first-order valence-electron chi connectivity index (χ1n) is 11.1. The summed E-state index contributed by atoms with van der Waals surface area (Å²) >= 11 is 0. The van der Waals surface area contributed by atoms with Crippen LogP contribution in [0.2, 0.25) is 0 Å². The summed E-state index contributed by atoms with van der Waals surface area (Å²) in [4.78, 5) is 26.2. The van der Waals surface area contributed by atoms with Gasteiger partial charge in [-0.05, 0) is 30.3 Å². The lowest BCUT2D eigenvalue weighted by Crippen LogP contribution is -2.25. The van der Waals surface area contributed by atoms with Crippen molar-refractivity contribution in [2.45, 2.75) is 18.9 Å². The van der Waals surface area contributed by atoms with Crippen molar-refractivity contribution in [3.05, 3.63) is 72.9 Å². The van der Waals surface area contributed by atoms with E-state index in [1.807, 2.05) is 30.3 Å². The van der Waals surface area contributed by atoms with Crippen LogP contribution in [0.5, 0.6) is 5.75 Å². The predicted octanol–water partition coefficient (Wildman–Crippen LogP) is 3.75. The van der Waals surface area contributed by atoms with Crippen molar-refractivity contribution in [2.75, 3.05) is 18.5 Å². The van der Waals surface area contributed by atoms with Crippen molar-refractivity contribution >= 4 is 11.6 Å². The molecule has 0 saturated carbocycles. The van der Waals surface area contributed by atoms with Crippen LogP contribution in [0.4, 0.5) is 5.69 Å². The fourth-order valence-electron chi connectivity index (χ4n) is 3.79. The highest BCUT2D eigenvalue weighted by atomic mass is 16.5. The normalized spacial score (nSPS) is 14.0. The Labute approximate surface area is 196 Å². The van der Waals surface area contributed by atoms with Gasteiger partial charge in [-0.15, -0.1) is 0 Å². The molecule has 1 amide bonds. The number of ether oxygens (including phenoxy) is 2.